The molecule has 4 atom stereocenters. The number of rotatable bonds is 9. The van der Waals surface area contributed by atoms with E-state index < -0.39 is 42.0 Å². The summed E-state index contributed by atoms with van der Waals surface area (Å²) in [5, 5.41) is 25.0. The predicted octanol–water partition coefficient (Wildman–Crippen LogP) is 4.03. The van der Waals surface area contributed by atoms with Crippen molar-refractivity contribution in [3.05, 3.63) is 150 Å². The molecular weight excluding hydrogens is 735 g/mol. The lowest BCUT2D eigenvalue weighted by Gasteiger charge is -2.27. The van der Waals surface area contributed by atoms with Gasteiger partial charge in [0.1, 0.15) is 12.1 Å². The van der Waals surface area contributed by atoms with Crippen LogP contribution in [0.1, 0.15) is 41.5 Å². The van der Waals surface area contributed by atoms with Gasteiger partial charge < -0.3 is 31.7 Å². The summed E-state index contributed by atoms with van der Waals surface area (Å²) in [6, 6.07) is 31.2. The normalized spacial score (nSPS) is 19.8. The van der Waals surface area contributed by atoms with E-state index in [1.165, 1.54) is 0 Å². The number of carbonyl (C=O) groups is 5. The van der Waals surface area contributed by atoms with E-state index in [-0.39, 0.29) is 50.5 Å². The highest BCUT2D eigenvalue weighted by Gasteiger charge is 2.30. The first-order valence-corrected chi connectivity index (χ1v) is 19.4. The van der Waals surface area contributed by atoms with Crippen LogP contribution in [0.2, 0.25) is 0 Å². The third-order valence-corrected chi connectivity index (χ3v) is 9.92. The van der Waals surface area contributed by atoms with Gasteiger partial charge in [-0.2, -0.15) is 0 Å². The average molecular weight is 782 g/mol. The van der Waals surface area contributed by atoms with E-state index in [2.05, 4.69) is 36.6 Å². The van der Waals surface area contributed by atoms with Gasteiger partial charge in [0.05, 0.1) is 6.04 Å². The van der Waals surface area contributed by atoms with Gasteiger partial charge in [-0.25, -0.2) is 14.8 Å². The molecule has 0 aliphatic carbocycles. The summed E-state index contributed by atoms with van der Waals surface area (Å²) in [6.07, 6.45) is 4.68. The molecule has 0 spiro atoms. The van der Waals surface area contributed by atoms with Crippen LogP contribution in [0.4, 0.5) is 5.69 Å². The van der Waals surface area contributed by atoms with E-state index in [0.29, 0.717) is 29.9 Å². The van der Waals surface area contributed by atoms with Gasteiger partial charge in [-0.15, -0.1) is 0 Å². The summed E-state index contributed by atoms with van der Waals surface area (Å²) in [6.45, 7) is 0.196. The predicted molar refractivity (Wildman–Crippen MR) is 219 cm³/mol. The van der Waals surface area contributed by atoms with E-state index >= 15 is 0 Å². The average Bonchev–Trinajstić information content (AvgIpc) is 3.24. The van der Waals surface area contributed by atoms with Crippen molar-refractivity contribution in [1.82, 2.24) is 31.2 Å². The molecule has 2 bridgehead atoms. The molecule has 3 heterocycles. The number of benzene rings is 4. The number of fused-ring (bicyclic) bond motifs is 18. The molecule has 4 aromatic carbocycles. The summed E-state index contributed by atoms with van der Waals surface area (Å²) in [4.78, 5) is 75.7. The molecule has 13 heteroatoms. The molecule has 6 N–H and O–H groups in total. The first-order valence-electron chi connectivity index (χ1n) is 19.4. The zero-order chi connectivity index (χ0) is 40.7. The minimum atomic E-state index is -1.30. The molecule has 298 valence electrons. The summed E-state index contributed by atoms with van der Waals surface area (Å²) in [5.74, 6) is -2.48. The van der Waals surface area contributed by atoms with Crippen molar-refractivity contribution in [2.24, 2.45) is 0 Å². The maximum atomic E-state index is 14.4. The van der Waals surface area contributed by atoms with Crippen molar-refractivity contribution in [1.29, 1.82) is 0 Å². The number of amides is 4. The van der Waals surface area contributed by atoms with E-state index in [0.717, 1.165) is 22.3 Å². The molecule has 5 aromatic rings. The number of nitrogens with zero attached hydrogens (tertiary/aromatic N) is 2. The lowest BCUT2D eigenvalue weighted by Crippen LogP contribution is -2.57. The van der Waals surface area contributed by atoms with Crippen LogP contribution in [0.3, 0.4) is 0 Å². The van der Waals surface area contributed by atoms with Gasteiger partial charge in [-0.05, 0) is 59.7 Å². The number of hydrogen-bond donors (Lipinski definition) is 6. The molecule has 0 radical (unpaired) electrons. The van der Waals surface area contributed by atoms with E-state index in [1.54, 1.807) is 42.7 Å². The molecule has 7 rings (SSSR count). The topological polar surface area (TPSA) is 192 Å². The van der Waals surface area contributed by atoms with E-state index in [4.69, 9.17) is 0 Å². The molecule has 0 fully saturated rings. The van der Waals surface area contributed by atoms with Crippen LogP contribution in [-0.2, 0) is 49.7 Å². The van der Waals surface area contributed by atoms with Gasteiger partial charge in [0.2, 0.25) is 23.6 Å². The minimum absolute atomic E-state index is 0.0416. The summed E-state index contributed by atoms with van der Waals surface area (Å²) in [7, 11) is 0. The molecule has 2 aliphatic rings. The molecule has 58 heavy (non-hydrogen) atoms. The lowest BCUT2D eigenvalue weighted by molar-refractivity contribution is -0.142. The Bertz CT molecular complexity index is 2140. The molecule has 13 nitrogen and oxygen atoms in total. The largest absolute Gasteiger partial charge is 0.480 e. The number of aromatic nitrogens is 2. The van der Waals surface area contributed by atoms with Crippen LogP contribution in [0, 0.1) is 0 Å². The Morgan fingerprint density at radius 2 is 1.24 bits per heavy atom. The number of aryl methyl sites for hydroxylation is 1. The van der Waals surface area contributed by atoms with Crippen molar-refractivity contribution < 1.29 is 29.1 Å². The SMILES string of the molecule is O=C1CCC(=O)NC(CCc2ccccc2)CNC(Cc2ccc(-c3ncccn3)cc2)C(=O)NC(Cc2ccccc2)C(=O)NC(C(=O)O)Cc2ccc(cc2)N1. The van der Waals surface area contributed by atoms with Crippen molar-refractivity contribution in [3.63, 3.8) is 0 Å². The van der Waals surface area contributed by atoms with Crippen LogP contribution < -0.4 is 26.6 Å². The van der Waals surface area contributed by atoms with Crippen LogP contribution in [0.25, 0.3) is 11.4 Å². The van der Waals surface area contributed by atoms with Crippen molar-refractivity contribution in [2.75, 3.05) is 11.9 Å². The standard InChI is InChI=1S/C45H47N7O6/c53-40-22-23-41(54)50-36(21-14-30-8-3-1-4-9-30)29-48-37(26-32-12-17-34(18-13-32)42-46-24-7-25-47-42)43(55)51-38(27-31-10-5-2-6-11-31)44(56)52-39(45(57)58)28-33-15-19-35(49-40)20-16-33/h1-13,15-20,24-25,36-39,48H,14,21-23,26-29H2,(H,49,53)(H,50,54)(H,51,55)(H,52,56)(H,57,58). The molecule has 2 aliphatic heterocycles. The third-order valence-electron chi connectivity index (χ3n) is 9.92. The van der Waals surface area contributed by atoms with Crippen LogP contribution in [0.15, 0.2) is 128 Å². The maximum Gasteiger partial charge on any atom is 0.326 e. The Labute approximate surface area is 337 Å². The second-order valence-electron chi connectivity index (χ2n) is 14.3. The van der Waals surface area contributed by atoms with Crippen molar-refractivity contribution >= 4 is 35.3 Å². The lowest BCUT2D eigenvalue weighted by atomic mass is 10.00. The molecule has 4 unspecified atom stereocenters. The summed E-state index contributed by atoms with van der Waals surface area (Å²) in [5.41, 5.74) is 4.56. The molecule has 1 aromatic heterocycles. The van der Waals surface area contributed by atoms with Crippen LogP contribution in [-0.4, -0.2) is 75.4 Å². The van der Waals surface area contributed by atoms with E-state index in [1.807, 2.05) is 84.9 Å². The van der Waals surface area contributed by atoms with Gasteiger partial charge >= 0.3 is 5.97 Å². The smallest absolute Gasteiger partial charge is 0.326 e. The zero-order valence-corrected chi connectivity index (χ0v) is 32.0. The Morgan fingerprint density at radius 1 is 0.638 bits per heavy atom. The number of carbonyl (C=O) groups excluding carboxylic acids is 4. The second kappa shape index (κ2) is 20.4. The zero-order valence-electron chi connectivity index (χ0n) is 32.0. The third kappa shape index (κ3) is 12.4. The Balaban J connectivity index is 1.31. The van der Waals surface area contributed by atoms with Crippen molar-refractivity contribution in [2.45, 2.75) is 69.1 Å². The molecule has 0 saturated carbocycles. The highest BCUT2D eigenvalue weighted by molar-refractivity contribution is 5.94. The number of hydrogen-bond acceptors (Lipinski definition) is 8. The minimum Gasteiger partial charge on any atom is -0.480 e. The Hall–Kier alpha value is -6.73. The highest BCUT2D eigenvalue weighted by Crippen LogP contribution is 2.17. The fourth-order valence-electron chi connectivity index (χ4n) is 6.74. The number of carboxylic acids is 1. The number of nitrogens with one attached hydrogen (secondary N) is 5. The van der Waals surface area contributed by atoms with Crippen LogP contribution >= 0.6 is 0 Å². The molecule has 0 saturated heterocycles. The van der Waals surface area contributed by atoms with Gasteiger partial charge in [-0.3, -0.25) is 19.2 Å². The number of aliphatic carboxylic acids is 1. The van der Waals surface area contributed by atoms with Crippen molar-refractivity contribution in [3.8, 4) is 11.4 Å². The fraction of sp³-hybridized carbons (Fsp3) is 0.267. The maximum absolute atomic E-state index is 14.4. The Kier molecular flexibility index (Phi) is 14.4. The number of anilines is 1. The van der Waals surface area contributed by atoms with Gasteiger partial charge in [0, 0.05) is 61.9 Å². The number of carboxylic acid groups (broad SMARTS) is 1. The quantitative estimate of drug-likeness (QED) is 0.120. The second-order valence-corrected chi connectivity index (χ2v) is 14.3. The monoisotopic (exact) mass is 781 g/mol. The first kappa shape index (κ1) is 40.9. The van der Waals surface area contributed by atoms with Gasteiger partial charge in [0.25, 0.3) is 0 Å². The Morgan fingerprint density at radius 3 is 1.91 bits per heavy atom. The van der Waals surface area contributed by atoms with Gasteiger partial charge in [0.15, 0.2) is 5.82 Å². The summed E-state index contributed by atoms with van der Waals surface area (Å²) >= 11 is 0. The molecular formula is C45H47N7O6. The first-order chi connectivity index (χ1) is 28.2. The fourth-order valence-corrected chi connectivity index (χ4v) is 6.74. The highest BCUT2D eigenvalue weighted by atomic mass is 16.4. The van der Waals surface area contributed by atoms with E-state index in [9.17, 15) is 29.1 Å². The summed E-state index contributed by atoms with van der Waals surface area (Å²) < 4.78 is 0. The van der Waals surface area contributed by atoms with Crippen LogP contribution in [0.5, 0.6) is 0 Å². The molecule has 4 amide bonds. The van der Waals surface area contributed by atoms with Gasteiger partial charge in [-0.1, -0.05) is 97.1 Å².